The van der Waals surface area contributed by atoms with Gasteiger partial charge >= 0.3 is 6.18 Å². The minimum atomic E-state index is -4.39. The second-order valence-electron chi connectivity index (χ2n) is 6.51. The largest absolute Gasteiger partial charge is 0.411 e. The molecule has 1 amide bonds. The van der Waals surface area contributed by atoms with Gasteiger partial charge in [-0.05, 0) is 42.3 Å². The van der Waals surface area contributed by atoms with E-state index in [1.54, 1.807) is 26.1 Å². The number of rotatable bonds is 7. The van der Waals surface area contributed by atoms with Crippen molar-refractivity contribution < 1.29 is 31.1 Å². The van der Waals surface area contributed by atoms with Crippen LogP contribution in [-0.2, 0) is 21.4 Å². The van der Waals surface area contributed by atoms with Gasteiger partial charge < -0.3 is 9.64 Å². The van der Waals surface area contributed by atoms with E-state index in [0.29, 0.717) is 16.7 Å². The quantitative estimate of drug-likeness (QED) is 0.730. The first kappa shape index (κ1) is 22.9. The summed E-state index contributed by atoms with van der Waals surface area (Å²) in [7, 11) is -2.20. The first-order valence-electron chi connectivity index (χ1n) is 8.52. The fourth-order valence-electron chi connectivity index (χ4n) is 2.57. The van der Waals surface area contributed by atoms with Gasteiger partial charge in [-0.2, -0.15) is 13.2 Å². The van der Waals surface area contributed by atoms with Crippen LogP contribution >= 0.6 is 0 Å². The van der Waals surface area contributed by atoms with Crippen molar-refractivity contribution in [1.82, 2.24) is 4.90 Å². The van der Waals surface area contributed by atoms with Gasteiger partial charge in [0.25, 0.3) is 5.91 Å². The second kappa shape index (κ2) is 8.93. The molecular weight excluding hydrogens is 409 g/mol. The Bertz CT molecular complexity index is 943. The van der Waals surface area contributed by atoms with Crippen LogP contribution in [0.15, 0.2) is 53.4 Å². The lowest BCUT2D eigenvalue weighted by Gasteiger charge is -2.25. The van der Waals surface area contributed by atoms with Crippen LogP contribution in [0.1, 0.15) is 34.5 Å². The van der Waals surface area contributed by atoms with Gasteiger partial charge in [-0.1, -0.05) is 24.3 Å². The first-order valence-corrected chi connectivity index (χ1v) is 10.1. The molecule has 0 bridgehead atoms. The Labute approximate surface area is 167 Å². The number of hydrogen-bond acceptors (Lipinski definition) is 4. The average molecular weight is 430 g/mol. The predicted octanol–water partition coefficient (Wildman–Crippen LogP) is 3.25. The molecule has 0 saturated heterocycles. The van der Waals surface area contributed by atoms with Crippen molar-refractivity contribution in [3.05, 3.63) is 65.2 Å². The summed E-state index contributed by atoms with van der Waals surface area (Å²) in [4.78, 5) is 14.1. The van der Waals surface area contributed by atoms with Crippen LogP contribution in [-0.4, -0.2) is 39.1 Å². The Balaban J connectivity index is 2.03. The third-order valence-electron chi connectivity index (χ3n) is 4.33. The SMILES string of the molecule is CC(c1ccc(S(N)(=O)=O)cc1)N(C)C(=O)c1ccc(COCC(F)(F)F)cc1. The maximum absolute atomic E-state index is 12.7. The van der Waals surface area contributed by atoms with Crippen molar-refractivity contribution in [3.63, 3.8) is 0 Å². The molecule has 2 aromatic carbocycles. The van der Waals surface area contributed by atoms with E-state index in [-0.39, 0.29) is 23.5 Å². The summed E-state index contributed by atoms with van der Waals surface area (Å²) in [6.07, 6.45) is -4.39. The monoisotopic (exact) mass is 430 g/mol. The fraction of sp³-hybridized carbons (Fsp3) is 0.316. The number of halogens is 3. The molecule has 10 heteroatoms. The topological polar surface area (TPSA) is 89.7 Å². The summed E-state index contributed by atoms with van der Waals surface area (Å²) in [6, 6.07) is 11.6. The Morgan fingerprint density at radius 1 is 1.10 bits per heavy atom. The molecule has 0 aliphatic carbocycles. The number of benzene rings is 2. The lowest BCUT2D eigenvalue weighted by molar-refractivity contribution is -0.176. The molecule has 0 saturated carbocycles. The molecule has 0 spiro atoms. The maximum Gasteiger partial charge on any atom is 0.411 e. The zero-order valence-electron chi connectivity index (χ0n) is 15.8. The maximum atomic E-state index is 12.7. The zero-order valence-corrected chi connectivity index (χ0v) is 16.6. The Morgan fingerprint density at radius 2 is 1.66 bits per heavy atom. The highest BCUT2D eigenvalue weighted by molar-refractivity contribution is 7.89. The van der Waals surface area contributed by atoms with Crippen LogP contribution < -0.4 is 5.14 Å². The number of carbonyl (C=O) groups is 1. The van der Waals surface area contributed by atoms with Crippen molar-refractivity contribution in [1.29, 1.82) is 0 Å². The summed E-state index contributed by atoms with van der Waals surface area (Å²) >= 11 is 0. The van der Waals surface area contributed by atoms with E-state index in [4.69, 9.17) is 5.14 Å². The Kier molecular flexibility index (Phi) is 7.04. The van der Waals surface area contributed by atoms with Crippen molar-refractivity contribution >= 4 is 15.9 Å². The smallest absolute Gasteiger partial charge is 0.367 e. The predicted molar refractivity (Wildman–Crippen MR) is 100 cm³/mol. The molecule has 2 rings (SSSR count). The third kappa shape index (κ3) is 6.55. The highest BCUT2D eigenvalue weighted by atomic mass is 32.2. The summed E-state index contributed by atoms with van der Waals surface area (Å²) < 4.78 is 63.6. The molecule has 158 valence electrons. The Morgan fingerprint density at radius 3 is 2.14 bits per heavy atom. The molecule has 0 radical (unpaired) electrons. The number of sulfonamides is 1. The van der Waals surface area contributed by atoms with Gasteiger partial charge in [0.1, 0.15) is 6.61 Å². The van der Waals surface area contributed by atoms with Crippen molar-refractivity contribution in [3.8, 4) is 0 Å². The number of alkyl halides is 3. The molecule has 0 aromatic heterocycles. The molecule has 0 aliphatic heterocycles. The van der Waals surface area contributed by atoms with E-state index in [2.05, 4.69) is 4.74 Å². The average Bonchev–Trinajstić information content (AvgIpc) is 2.65. The number of ether oxygens (including phenoxy) is 1. The first-order chi connectivity index (χ1) is 13.4. The van der Waals surface area contributed by atoms with E-state index in [1.807, 2.05) is 0 Å². The number of primary sulfonamides is 1. The summed E-state index contributed by atoms with van der Waals surface area (Å²) in [5, 5.41) is 5.07. The normalized spacial score (nSPS) is 13.2. The van der Waals surface area contributed by atoms with Crippen molar-refractivity contribution in [2.45, 2.75) is 30.6 Å². The second-order valence-corrected chi connectivity index (χ2v) is 8.07. The van der Waals surface area contributed by atoms with Gasteiger partial charge in [0.15, 0.2) is 0 Å². The molecule has 2 N–H and O–H groups in total. The molecule has 2 aromatic rings. The van der Waals surface area contributed by atoms with Gasteiger partial charge in [0, 0.05) is 12.6 Å². The van der Waals surface area contributed by atoms with Crippen LogP contribution in [0.25, 0.3) is 0 Å². The van der Waals surface area contributed by atoms with Gasteiger partial charge in [-0.25, -0.2) is 13.6 Å². The lowest BCUT2D eigenvalue weighted by Crippen LogP contribution is -2.29. The van der Waals surface area contributed by atoms with E-state index in [1.165, 1.54) is 41.3 Å². The van der Waals surface area contributed by atoms with E-state index in [9.17, 15) is 26.4 Å². The summed E-state index contributed by atoms with van der Waals surface area (Å²) in [5.41, 5.74) is 1.59. The number of amides is 1. The molecule has 1 unspecified atom stereocenters. The number of nitrogens with zero attached hydrogens (tertiary/aromatic N) is 1. The summed E-state index contributed by atoms with van der Waals surface area (Å²) in [5.74, 6) is -0.296. The molecule has 1 atom stereocenters. The van der Waals surface area contributed by atoms with Crippen LogP contribution in [0.2, 0.25) is 0 Å². The van der Waals surface area contributed by atoms with Gasteiger partial charge in [-0.3, -0.25) is 4.79 Å². The van der Waals surface area contributed by atoms with Crippen molar-refractivity contribution in [2.24, 2.45) is 5.14 Å². The fourth-order valence-corrected chi connectivity index (χ4v) is 3.08. The minimum Gasteiger partial charge on any atom is -0.367 e. The van der Waals surface area contributed by atoms with Gasteiger partial charge in [0.05, 0.1) is 17.5 Å². The molecule has 0 aliphatic rings. The van der Waals surface area contributed by atoms with Gasteiger partial charge in [-0.15, -0.1) is 0 Å². The van der Waals surface area contributed by atoms with E-state index in [0.717, 1.165) is 0 Å². The number of carbonyl (C=O) groups excluding carboxylic acids is 1. The lowest BCUT2D eigenvalue weighted by atomic mass is 10.1. The van der Waals surface area contributed by atoms with Crippen molar-refractivity contribution in [2.75, 3.05) is 13.7 Å². The highest BCUT2D eigenvalue weighted by Gasteiger charge is 2.27. The highest BCUT2D eigenvalue weighted by Crippen LogP contribution is 2.22. The molecule has 0 heterocycles. The molecular formula is C19H21F3N2O4S. The Hall–Kier alpha value is -2.43. The van der Waals surface area contributed by atoms with Crippen LogP contribution in [0, 0.1) is 0 Å². The van der Waals surface area contributed by atoms with Gasteiger partial charge in [0.2, 0.25) is 10.0 Å². The number of hydrogen-bond donors (Lipinski definition) is 1. The van der Waals surface area contributed by atoms with Crippen LogP contribution in [0.3, 0.4) is 0 Å². The molecule has 29 heavy (non-hydrogen) atoms. The third-order valence-corrected chi connectivity index (χ3v) is 5.26. The van der Waals surface area contributed by atoms with E-state index < -0.39 is 22.8 Å². The zero-order chi connectivity index (χ0) is 21.8. The molecule has 6 nitrogen and oxygen atoms in total. The number of nitrogens with two attached hydrogens (primary N) is 1. The summed E-state index contributed by atoms with van der Waals surface area (Å²) in [6.45, 7) is 0.234. The van der Waals surface area contributed by atoms with Crippen LogP contribution in [0.5, 0.6) is 0 Å². The minimum absolute atomic E-state index is 0.0224. The van der Waals surface area contributed by atoms with E-state index >= 15 is 0 Å². The standard InChI is InChI=1S/C19H21F3N2O4S/c1-13(15-7-9-17(10-8-15)29(23,26)27)24(2)18(25)16-5-3-14(4-6-16)11-28-12-19(20,21)22/h3-10,13H,11-12H2,1-2H3,(H2,23,26,27). The molecule has 0 fully saturated rings. The van der Waals surface area contributed by atoms with Crippen LogP contribution in [0.4, 0.5) is 13.2 Å².